The Labute approximate surface area is 154 Å². The van der Waals surface area contributed by atoms with Crippen LogP contribution in [0.1, 0.15) is 26.5 Å². The molecule has 0 spiro atoms. The monoisotopic (exact) mass is 367 g/mol. The lowest BCUT2D eigenvalue weighted by Crippen LogP contribution is -2.18. The summed E-state index contributed by atoms with van der Waals surface area (Å²) >= 11 is 0. The Morgan fingerprint density at radius 2 is 1.48 bits per heavy atom. The number of aryl methyl sites for hydroxylation is 1. The van der Waals surface area contributed by atoms with Gasteiger partial charge in [0.2, 0.25) is 0 Å². The molecule has 7 heteroatoms. The number of halogens is 2. The van der Waals surface area contributed by atoms with Crippen molar-refractivity contribution in [3.63, 3.8) is 0 Å². The van der Waals surface area contributed by atoms with Gasteiger partial charge >= 0.3 is 0 Å². The van der Waals surface area contributed by atoms with Gasteiger partial charge in [-0.25, -0.2) is 13.8 Å². The number of amides is 2. The maximum atomic E-state index is 13.2. The summed E-state index contributed by atoms with van der Waals surface area (Å²) in [5, 5.41) is 5.14. The predicted molar refractivity (Wildman–Crippen MR) is 97.7 cm³/mol. The number of benzene rings is 2. The van der Waals surface area contributed by atoms with Gasteiger partial charge in [0.15, 0.2) is 11.6 Å². The first kappa shape index (κ1) is 18.2. The van der Waals surface area contributed by atoms with E-state index in [4.69, 9.17) is 0 Å². The van der Waals surface area contributed by atoms with Crippen LogP contribution < -0.4 is 10.6 Å². The Hall–Kier alpha value is -3.61. The lowest BCUT2D eigenvalue weighted by atomic mass is 10.2. The van der Waals surface area contributed by atoms with Crippen molar-refractivity contribution in [2.45, 2.75) is 6.92 Å². The van der Waals surface area contributed by atoms with Gasteiger partial charge in [0.1, 0.15) is 11.4 Å². The molecule has 27 heavy (non-hydrogen) atoms. The molecule has 3 rings (SSSR count). The van der Waals surface area contributed by atoms with Crippen LogP contribution in [0.15, 0.2) is 60.7 Å². The van der Waals surface area contributed by atoms with Crippen molar-refractivity contribution in [3.8, 4) is 0 Å². The number of aromatic nitrogens is 1. The van der Waals surface area contributed by atoms with Gasteiger partial charge in [0.25, 0.3) is 11.8 Å². The van der Waals surface area contributed by atoms with Crippen LogP contribution in [0.25, 0.3) is 0 Å². The molecule has 136 valence electrons. The number of anilines is 2. The molecular formula is C20H15F2N3O2. The molecular weight excluding hydrogens is 352 g/mol. The van der Waals surface area contributed by atoms with E-state index in [2.05, 4.69) is 15.6 Å². The van der Waals surface area contributed by atoms with E-state index >= 15 is 0 Å². The minimum atomic E-state index is -1.08. The van der Waals surface area contributed by atoms with Crippen molar-refractivity contribution < 1.29 is 18.4 Å². The maximum absolute atomic E-state index is 13.2. The number of hydrogen-bond acceptors (Lipinski definition) is 3. The predicted octanol–water partition coefficient (Wildman–Crippen LogP) is 4.17. The van der Waals surface area contributed by atoms with Crippen LogP contribution in [0.5, 0.6) is 0 Å². The van der Waals surface area contributed by atoms with Crippen molar-refractivity contribution in [2.75, 3.05) is 10.6 Å². The summed E-state index contributed by atoms with van der Waals surface area (Å²) in [4.78, 5) is 28.7. The lowest BCUT2D eigenvalue weighted by Gasteiger charge is -2.09. The molecule has 2 amide bonds. The van der Waals surface area contributed by atoms with E-state index in [9.17, 15) is 18.4 Å². The lowest BCUT2D eigenvalue weighted by molar-refractivity contribution is 0.101. The number of pyridine rings is 1. The number of hydrogen-bond donors (Lipinski definition) is 2. The van der Waals surface area contributed by atoms with Gasteiger partial charge in [-0.15, -0.1) is 0 Å². The SMILES string of the molecule is Cc1ccccc1NC(=O)c1cccc(C(=O)Nc2ccc(F)c(F)c2)n1. The third-order valence-electron chi connectivity index (χ3n) is 3.79. The Kier molecular flexibility index (Phi) is 5.21. The standard InChI is InChI=1S/C20H15F2N3O2/c1-12-5-2-3-6-16(12)25-20(27)18-8-4-7-17(24-18)19(26)23-13-9-10-14(21)15(22)11-13/h2-11H,1H3,(H,23,26)(H,25,27). The van der Waals surface area contributed by atoms with Gasteiger partial charge in [0.05, 0.1) is 0 Å². The average Bonchev–Trinajstić information content (AvgIpc) is 2.66. The summed E-state index contributed by atoms with van der Waals surface area (Å²) in [5.41, 5.74) is 1.63. The van der Waals surface area contributed by atoms with Crippen LogP contribution in [0.4, 0.5) is 20.2 Å². The largest absolute Gasteiger partial charge is 0.321 e. The van der Waals surface area contributed by atoms with Crippen LogP contribution in [-0.4, -0.2) is 16.8 Å². The fourth-order valence-electron chi connectivity index (χ4n) is 2.36. The van der Waals surface area contributed by atoms with Gasteiger partial charge in [-0.2, -0.15) is 0 Å². The second-order valence-electron chi connectivity index (χ2n) is 5.76. The molecule has 2 aromatic carbocycles. The number of nitrogens with one attached hydrogen (secondary N) is 2. The highest BCUT2D eigenvalue weighted by atomic mass is 19.2. The quantitative estimate of drug-likeness (QED) is 0.727. The topological polar surface area (TPSA) is 71.1 Å². The van der Waals surface area contributed by atoms with Crippen LogP contribution in [0, 0.1) is 18.6 Å². The first-order chi connectivity index (χ1) is 12.9. The minimum absolute atomic E-state index is 0.0304. The third-order valence-corrected chi connectivity index (χ3v) is 3.79. The van der Waals surface area contributed by atoms with Crippen molar-refractivity contribution in [1.82, 2.24) is 4.98 Å². The number of nitrogens with zero attached hydrogens (tertiary/aromatic N) is 1. The fraction of sp³-hybridized carbons (Fsp3) is 0.0500. The average molecular weight is 367 g/mol. The number of rotatable bonds is 4. The molecule has 2 N–H and O–H groups in total. The molecule has 0 aliphatic heterocycles. The molecule has 3 aromatic rings. The van der Waals surface area contributed by atoms with Crippen LogP contribution in [-0.2, 0) is 0 Å². The molecule has 1 aromatic heterocycles. The van der Waals surface area contributed by atoms with Crippen LogP contribution in [0.3, 0.4) is 0 Å². The van der Waals surface area contributed by atoms with Gasteiger partial charge in [-0.3, -0.25) is 9.59 Å². The van der Waals surface area contributed by atoms with Crippen molar-refractivity contribution in [2.24, 2.45) is 0 Å². The molecule has 0 saturated heterocycles. The zero-order valence-corrected chi connectivity index (χ0v) is 14.3. The van der Waals surface area contributed by atoms with Crippen LogP contribution >= 0.6 is 0 Å². The zero-order chi connectivity index (χ0) is 19.4. The smallest absolute Gasteiger partial charge is 0.274 e. The van der Waals surface area contributed by atoms with E-state index in [1.807, 2.05) is 19.1 Å². The van der Waals surface area contributed by atoms with E-state index in [-0.39, 0.29) is 17.1 Å². The molecule has 0 fully saturated rings. The zero-order valence-electron chi connectivity index (χ0n) is 14.3. The summed E-state index contributed by atoms with van der Waals surface area (Å²) in [7, 11) is 0. The molecule has 0 atom stereocenters. The van der Waals surface area contributed by atoms with Crippen molar-refractivity contribution >= 4 is 23.2 Å². The van der Waals surface area contributed by atoms with Crippen molar-refractivity contribution in [3.05, 3.63) is 89.2 Å². The molecule has 0 radical (unpaired) electrons. The molecule has 0 unspecified atom stereocenters. The Morgan fingerprint density at radius 3 is 2.15 bits per heavy atom. The molecule has 0 aliphatic carbocycles. The number of carbonyl (C=O) groups excluding carboxylic acids is 2. The highest BCUT2D eigenvalue weighted by molar-refractivity contribution is 6.06. The van der Waals surface area contributed by atoms with E-state index in [0.717, 1.165) is 17.7 Å². The molecule has 5 nitrogen and oxygen atoms in total. The third kappa shape index (κ3) is 4.33. The second kappa shape index (κ2) is 7.74. The normalized spacial score (nSPS) is 10.3. The number of carbonyl (C=O) groups is 2. The van der Waals surface area contributed by atoms with E-state index < -0.39 is 23.4 Å². The van der Waals surface area contributed by atoms with Gasteiger partial charge in [-0.1, -0.05) is 24.3 Å². The summed E-state index contributed by atoms with van der Waals surface area (Å²) in [5.74, 6) is -3.20. The summed E-state index contributed by atoms with van der Waals surface area (Å²) in [6, 6.07) is 14.7. The molecule has 0 aliphatic rings. The minimum Gasteiger partial charge on any atom is -0.321 e. The summed E-state index contributed by atoms with van der Waals surface area (Å²) < 4.78 is 26.2. The second-order valence-corrected chi connectivity index (χ2v) is 5.76. The highest BCUT2D eigenvalue weighted by Gasteiger charge is 2.14. The Morgan fingerprint density at radius 1 is 0.815 bits per heavy atom. The van der Waals surface area contributed by atoms with Gasteiger partial charge < -0.3 is 10.6 Å². The highest BCUT2D eigenvalue weighted by Crippen LogP contribution is 2.16. The first-order valence-corrected chi connectivity index (χ1v) is 8.04. The fourth-order valence-corrected chi connectivity index (χ4v) is 2.36. The first-order valence-electron chi connectivity index (χ1n) is 8.04. The van der Waals surface area contributed by atoms with Crippen molar-refractivity contribution in [1.29, 1.82) is 0 Å². The molecule has 0 bridgehead atoms. The van der Waals surface area contributed by atoms with Crippen LogP contribution in [0.2, 0.25) is 0 Å². The van der Waals surface area contributed by atoms with E-state index in [1.165, 1.54) is 24.3 Å². The van der Waals surface area contributed by atoms with E-state index in [0.29, 0.717) is 5.69 Å². The molecule has 1 heterocycles. The maximum Gasteiger partial charge on any atom is 0.274 e. The molecule has 0 saturated carbocycles. The van der Waals surface area contributed by atoms with Gasteiger partial charge in [-0.05, 0) is 42.8 Å². The van der Waals surface area contributed by atoms with E-state index in [1.54, 1.807) is 12.1 Å². The Bertz CT molecular complexity index is 1020. The summed E-state index contributed by atoms with van der Waals surface area (Å²) in [6.07, 6.45) is 0. The summed E-state index contributed by atoms with van der Waals surface area (Å²) in [6.45, 7) is 1.86. The van der Waals surface area contributed by atoms with Gasteiger partial charge in [0, 0.05) is 17.4 Å². The number of para-hydroxylation sites is 1. The Balaban J connectivity index is 1.76.